The van der Waals surface area contributed by atoms with Gasteiger partial charge in [0.15, 0.2) is 5.76 Å². The van der Waals surface area contributed by atoms with Gasteiger partial charge in [-0.25, -0.2) is 4.39 Å². The van der Waals surface area contributed by atoms with Crippen LogP contribution in [0.5, 0.6) is 0 Å². The fraction of sp³-hybridized carbons (Fsp3) is 0.250. The molecule has 1 fully saturated rings. The summed E-state index contributed by atoms with van der Waals surface area (Å²) in [7, 11) is 0. The summed E-state index contributed by atoms with van der Waals surface area (Å²) in [6.45, 7) is 2.94. The third-order valence-corrected chi connectivity index (χ3v) is 5.18. The average molecular weight is 418 g/mol. The highest BCUT2D eigenvalue weighted by atomic mass is 35.5. The molecule has 1 saturated heterocycles. The van der Waals surface area contributed by atoms with Crippen molar-refractivity contribution in [1.29, 1.82) is 0 Å². The predicted molar refractivity (Wildman–Crippen MR) is 102 cm³/mol. The summed E-state index contributed by atoms with van der Waals surface area (Å²) < 4.78 is 24.7. The molecule has 0 N–H and O–H groups in total. The van der Waals surface area contributed by atoms with Gasteiger partial charge < -0.3 is 18.7 Å². The molecule has 0 saturated carbocycles. The molecule has 4 rings (SSSR count). The lowest BCUT2D eigenvalue weighted by Crippen LogP contribution is -2.50. The molecule has 7 nitrogen and oxygen atoms in total. The van der Waals surface area contributed by atoms with Crippen LogP contribution in [-0.4, -0.2) is 52.9 Å². The number of carbonyl (C=O) groups is 2. The van der Waals surface area contributed by atoms with Crippen molar-refractivity contribution in [3.63, 3.8) is 0 Å². The number of nitrogens with zero attached hydrogens (tertiary/aromatic N) is 3. The Morgan fingerprint density at radius 3 is 2.38 bits per heavy atom. The standard InChI is InChI=1S/C20H17ClFN3O4/c1-12-16(18(23-29-12)17-13(21)4-2-5-14(17)22)20(27)25-9-7-24(8-10-25)19(26)15-6-3-11-28-15/h2-6,11H,7-10H2,1H3. The highest BCUT2D eigenvalue weighted by molar-refractivity contribution is 6.33. The van der Waals surface area contributed by atoms with Crippen molar-refractivity contribution in [2.24, 2.45) is 0 Å². The van der Waals surface area contributed by atoms with Crippen molar-refractivity contribution in [1.82, 2.24) is 15.0 Å². The lowest BCUT2D eigenvalue weighted by atomic mass is 10.0. The quantitative estimate of drug-likeness (QED) is 0.650. The lowest BCUT2D eigenvalue weighted by molar-refractivity contribution is 0.0517. The van der Waals surface area contributed by atoms with E-state index in [0.29, 0.717) is 26.2 Å². The second-order valence-electron chi connectivity index (χ2n) is 6.62. The number of aromatic nitrogens is 1. The van der Waals surface area contributed by atoms with Gasteiger partial charge in [0.2, 0.25) is 0 Å². The maximum atomic E-state index is 14.4. The number of furan rings is 1. The molecule has 0 atom stereocenters. The smallest absolute Gasteiger partial charge is 0.289 e. The molecule has 0 unspecified atom stereocenters. The van der Waals surface area contributed by atoms with Gasteiger partial charge in [0.1, 0.15) is 22.8 Å². The number of rotatable bonds is 3. The van der Waals surface area contributed by atoms with E-state index in [9.17, 15) is 14.0 Å². The highest BCUT2D eigenvalue weighted by Crippen LogP contribution is 2.34. The zero-order chi connectivity index (χ0) is 20.5. The van der Waals surface area contributed by atoms with E-state index in [4.69, 9.17) is 20.5 Å². The van der Waals surface area contributed by atoms with E-state index in [-0.39, 0.29) is 45.2 Å². The Balaban J connectivity index is 1.55. The van der Waals surface area contributed by atoms with E-state index in [1.165, 1.54) is 24.5 Å². The van der Waals surface area contributed by atoms with Crippen LogP contribution in [0.15, 0.2) is 45.5 Å². The zero-order valence-electron chi connectivity index (χ0n) is 15.5. The Kier molecular flexibility index (Phi) is 5.10. The summed E-state index contributed by atoms with van der Waals surface area (Å²) in [6.07, 6.45) is 1.44. The van der Waals surface area contributed by atoms with E-state index in [2.05, 4.69) is 5.16 Å². The number of halogens is 2. The van der Waals surface area contributed by atoms with Crippen LogP contribution in [0.4, 0.5) is 4.39 Å². The summed E-state index contributed by atoms with van der Waals surface area (Å²) in [5.41, 5.74) is 0.272. The van der Waals surface area contributed by atoms with Gasteiger partial charge in [-0.1, -0.05) is 22.8 Å². The summed E-state index contributed by atoms with van der Waals surface area (Å²) in [5, 5.41) is 4.02. The molecule has 2 amide bonds. The topological polar surface area (TPSA) is 79.8 Å². The number of carbonyl (C=O) groups excluding carboxylic acids is 2. The van der Waals surface area contributed by atoms with Crippen molar-refractivity contribution < 1.29 is 22.9 Å². The molecular weight excluding hydrogens is 401 g/mol. The first kappa shape index (κ1) is 19.2. The van der Waals surface area contributed by atoms with Gasteiger partial charge in [0.25, 0.3) is 11.8 Å². The molecule has 1 aromatic carbocycles. The van der Waals surface area contributed by atoms with Gasteiger partial charge in [-0.15, -0.1) is 0 Å². The molecule has 1 aliphatic rings. The Morgan fingerprint density at radius 2 is 1.76 bits per heavy atom. The van der Waals surface area contributed by atoms with Crippen LogP contribution < -0.4 is 0 Å². The molecule has 3 aromatic rings. The second-order valence-corrected chi connectivity index (χ2v) is 7.03. The third-order valence-electron chi connectivity index (χ3n) is 4.86. The Bertz CT molecular complexity index is 1040. The monoisotopic (exact) mass is 417 g/mol. The van der Waals surface area contributed by atoms with Crippen LogP contribution in [0.3, 0.4) is 0 Å². The fourth-order valence-electron chi connectivity index (χ4n) is 3.35. The van der Waals surface area contributed by atoms with E-state index in [0.717, 1.165) is 0 Å². The molecular formula is C20H17ClFN3O4. The van der Waals surface area contributed by atoms with Crippen LogP contribution in [0, 0.1) is 12.7 Å². The Labute approximate surface area is 170 Å². The minimum atomic E-state index is -0.589. The van der Waals surface area contributed by atoms with E-state index < -0.39 is 5.82 Å². The van der Waals surface area contributed by atoms with Gasteiger partial charge in [-0.05, 0) is 31.2 Å². The van der Waals surface area contributed by atoms with Crippen LogP contribution >= 0.6 is 11.6 Å². The molecule has 9 heteroatoms. The van der Waals surface area contributed by atoms with Crippen LogP contribution in [0.2, 0.25) is 5.02 Å². The number of hydrogen-bond acceptors (Lipinski definition) is 5. The van der Waals surface area contributed by atoms with Crippen molar-refractivity contribution in [2.45, 2.75) is 6.92 Å². The number of amides is 2. The second kappa shape index (κ2) is 7.71. The number of aryl methyl sites for hydroxylation is 1. The van der Waals surface area contributed by atoms with Crippen LogP contribution in [0.25, 0.3) is 11.3 Å². The predicted octanol–water partition coefficient (Wildman–Crippen LogP) is 3.63. The molecule has 0 aliphatic carbocycles. The zero-order valence-corrected chi connectivity index (χ0v) is 16.3. The lowest BCUT2D eigenvalue weighted by Gasteiger charge is -2.34. The molecule has 150 valence electrons. The minimum Gasteiger partial charge on any atom is -0.459 e. The van der Waals surface area contributed by atoms with Gasteiger partial charge in [-0.3, -0.25) is 9.59 Å². The molecule has 3 heterocycles. The molecule has 29 heavy (non-hydrogen) atoms. The van der Waals surface area contributed by atoms with Crippen molar-refractivity contribution in [2.75, 3.05) is 26.2 Å². The Morgan fingerprint density at radius 1 is 1.07 bits per heavy atom. The maximum absolute atomic E-state index is 14.4. The molecule has 0 spiro atoms. The van der Waals surface area contributed by atoms with Gasteiger partial charge in [-0.2, -0.15) is 0 Å². The minimum absolute atomic E-state index is 0.0287. The van der Waals surface area contributed by atoms with Crippen molar-refractivity contribution >= 4 is 23.4 Å². The van der Waals surface area contributed by atoms with Crippen molar-refractivity contribution in [3.05, 3.63) is 64.5 Å². The van der Waals surface area contributed by atoms with E-state index in [1.807, 2.05) is 0 Å². The van der Waals surface area contributed by atoms with Crippen molar-refractivity contribution in [3.8, 4) is 11.3 Å². The van der Waals surface area contributed by atoms with Crippen LogP contribution in [0.1, 0.15) is 26.7 Å². The van der Waals surface area contributed by atoms with E-state index >= 15 is 0 Å². The molecule has 0 radical (unpaired) electrons. The first-order valence-electron chi connectivity index (χ1n) is 9.00. The summed E-state index contributed by atoms with van der Waals surface area (Å²) in [4.78, 5) is 28.7. The first-order valence-corrected chi connectivity index (χ1v) is 9.38. The maximum Gasteiger partial charge on any atom is 0.289 e. The number of hydrogen-bond donors (Lipinski definition) is 0. The molecule has 0 bridgehead atoms. The largest absolute Gasteiger partial charge is 0.459 e. The summed E-state index contributed by atoms with van der Waals surface area (Å²) in [5.74, 6) is -0.617. The van der Waals surface area contributed by atoms with Gasteiger partial charge in [0.05, 0.1) is 16.8 Å². The molecule has 1 aliphatic heterocycles. The normalized spacial score (nSPS) is 14.3. The summed E-state index contributed by atoms with van der Waals surface area (Å²) >= 11 is 6.14. The van der Waals surface area contributed by atoms with Gasteiger partial charge in [0, 0.05) is 26.2 Å². The van der Waals surface area contributed by atoms with E-state index in [1.54, 1.807) is 28.9 Å². The Hall–Kier alpha value is -3.13. The average Bonchev–Trinajstić information content (AvgIpc) is 3.37. The number of benzene rings is 1. The van der Waals surface area contributed by atoms with Crippen LogP contribution in [-0.2, 0) is 0 Å². The fourth-order valence-corrected chi connectivity index (χ4v) is 3.60. The van der Waals surface area contributed by atoms with Gasteiger partial charge >= 0.3 is 0 Å². The number of piperazine rings is 1. The summed E-state index contributed by atoms with van der Waals surface area (Å²) in [6, 6.07) is 7.50. The molecule has 2 aromatic heterocycles. The first-order chi connectivity index (χ1) is 14.0. The third kappa shape index (κ3) is 3.51. The highest BCUT2D eigenvalue weighted by Gasteiger charge is 2.32. The SMILES string of the molecule is Cc1onc(-c2c(F)cccc2Cl)c1C(=O)N1CCN(C(=O)c2ccco2)CC1.